The van der Waals surface area contributed by atoms with Gasteiger partial charge in [0.2, 0.25) is 0 Å². The highest BCUT2D eigenvalue weighted by Gasteiger charge is 2.46. The predicted octanol–water partition coefficient (Wildman–Crippen LogP) is 1.33. The topological polar surface area (TPSA) is 40.5 Å². The summed E-state index contributed by atoms with van der Waals surface area (Å²) in [5, 5.41) is 18.1. The SMILES string of the molecule is OCCC1(CCO)CC2C=CC1C2. The Kier molecular flexibility index (Phi) is 2.43. The van der Waals surface area contributed by atoms with Gasteiger partial charge in [0.05, 0.1) is 0 Å². The lowest BCUT2D eigenvalue weighted by atomic mass is 9.71. The van der Waals surface area contributed by atoms with Gasteiger partial charge < -0.3 is 10.2 Å². The molecule has 0 aliphatic heterocycles. The van der Waals surface area contributed by atoms with Crippen molar-refractivity contribution in [1.82, 2.24) is 0 Å². The lowest BCUT2D eigenvalue weighted by Crippen LogP contribution is -2.28. The third-order valence-corrected chi connectivity index (χ3v) is 3.85. The van der Waals surface area contributed by atoms with Crippen LogP contribution in [0.3, 0.4) is 0 Å². The summed E-state index contributed by atoms with van der Waals surface area (Å²) in [5.74, 6) is 1.35. The Labute approximate surface area is 79.3 Å². The molecule has 0 radical (unpaired) electrons. The average molecular weight is 182 g/mol. The third kappa shape index (κ3) is 1.42. The van der Waals surface area contributed by atoms with Crippen LogP contribution < -0.4 is 0 Å². The van der Waals surface area contributed by atoms with Gasteiger partial charge in [-0.3, -0.25) is 0 Å². The molecule has 0 aromatic rings. The molecular weight excluding hydrogens is 164 g/mol. The zero-order valence-electron chi connectivity index (χ0n) is 7.95. The molecule has 2 aliphatic carbocycles. The Morgan fingerprint density at radius 1 is 1.15 bits per heavy atom. The molecule has 74 valence electrons. The molecule has 2 unspecified atom stereocenters. The van der Waals surface area contributed by atoms with E-state index in [2.05, 4.69) is 12.2 Å². The van der Waals surface area contributed by atoms with E-state index in [0.29, 0.717) is 5.92 Å². The second-order valence-electron chi connectivity index (χ2n) is 4.50. The molecule has 0 amide bonds. The summed E-state index contributed by atoms with van der Waals surface area (Å²) in [6.07, 6.45) is 8.74. The summed E-state index contributed by atoms with van der Waals surface area (Å²) in [4.78, 5) is 0. The van der Waals surface area contributed by atoms with Gasteiger partial charge in [-0.15, -0.1) is 0 Å². The summed E-state index contributed by atoms with van der Waals surface area (Å²) >= 11 is 0. The van der Waals surface area contributed by atoms with Crippen LogP contribution in [0, 0.1) is 17.3 Å². The van der Waals surface area contributed by atoms with Crippen molar-refractivity contribution in [2.24, 2.45) is 17.3 Å². The lowest BCUT2D eigenvalue weighted by Gasteiger charge is -2.34. The van der Waals surface area contributed by atoms with E-state index in [9.17, 15) is 0 Å². The van der Waals surface area contributed by atoms with Gasteiger partial charge in [0.25, 0.3) is 0 Å². The molecule has 1 saturated carbocycles. The largest absolute Gasteiger partial charge is 0.396 e. The van der Waals surface area contributed by atoms with Crippen LogP contribution in [-0.4, -0.2) is 23.4 Å². The Bertz CT molecular complexity index is 204. The first kappa shape index (κ1) is 9.22. The minimum absolute atomic E-state index is 0.225. The fourth-order valence-corrected chi connectivity index (χ4v) is 3.20. The average Bonchev–Trinajstić information content (AvgIpc) is 2.64. The van der Waals surface area contributed by atoms with Gasteiger partial charge in [-0.1, -0.05) is 12.2 Å². The number of hydrogen-bond acceptors (Lipinski definition) is 2. The number of hydrogen-bond donors (Lipinski definition) is 2. The maximum atomic E-state index is 9.04. The van der Waals surface area contributed by atoms with E-state index in [1.807, 2.05) is 0 Å². The van der Waals surface area contributed by atoms with Crippen LogP contribution in [0.2, 0.25) is 0 Å². The van der Waals surface area contributed by atoms with Gasteiger partial charge >= 0.3 is 0 Å². The summed E-state index contributed by atoms with van der Waals surface area (Å²) < 4.78 is 0. The Morgan fingerprint density at radius 2 is 1.85 bits per heavy atom. The molecule has 2 rings (SSSR count). The van der Waals surface area contributed by atoms with Gasteiger partial charge in [-0.05, 0) is 42.9 Å². The number of rotatable bonds is 4. The molecule has 0 aromatic heterocycles. The van der Waals surface area contributed by atoms with E-state index in [4.69, 9.17) is 10.2 Å². The fraction of sp³-hybridized carbons (Fsp3) is 0.818. The maximum Gasteiger partial charge on any atom is 0.0436 e. The highest BCUT2D eigenvalue weighted by atomic mass is 16.3. The van der Waals surface area contributed by atoms with Crippen molar-refractivity contribution >= 4 is 0 Å². The molecule has 2 bridgehead atoms. The molecule has 2 N–H and O–H groups in total. The molecule has 0 aromatic carbocycles. The summed E-state index contributed by atoms with van der Waals surface area (Å²) in [6, 6.07) is 0. The second kappa shape index (κ2) is 3.43. The molecule has 0 heterocycles. The molecule has 0 saturated heterocycles. The van der Waals surface area contributed by atoms with Crippen LogP contribution >= 0.6 is 0 Å². The lowest BCUT2D eigenvalue weighted by molar-refractivity contribution is 0.108. The Hall–Kier alpha value is -0.340. The molecule has 2 aliphatic rings. The van der Waals surface area contributed by atoms with Crippen molar-refractivity contribution in [2.45, 2.75) is 25.7 Å². The van der Waals surface area contributed by atoms with Crippen LogP contribution in [0.4, 0.5) is 0 Å². The van der Waals surface area contributed by atoms with E-state index in [1.54, 1.807) is 0 Å². The molecule has 2 atom stereocenters. The quantitative estimate of drug-likeness (QED) is 0.644. The minimum atomic E-state index is 0.225. The standard InChI is InChI=1S/C11H18O2/c12-5-3-11(4-6-13)8-9-1-2-10(11)7-9/h1-2,9-10,12-13H,3-8H2. The van der Waals surface area contributed by atoms with E-state index < -0.39 is 0 Å². The second-order valence-corrected chi connectivity index (χ2v) is 4.50. The first-order chi connectivity index (χ1) is 6.30. The normalized spacial score (nSPS) is 34.3. The van der Waals surface area contributed by atoms with Gasteiger partial charge in [0.15, 0.2) is 0 Å². The minimum Gasteiger partial charge on any atom is -0.396 e. The van der Waals surface area contributed by atoms with Crippen molar-refractivity contribution in [3.8, 4) is 0 Å². The Morgan fingerprint density at radius 3 is 2.23 bits per heavy atom. The molecule has 2 heteroatoms. The molecule has 2 nitrogen and oxygen atoms in total. The van der Waals surface area contributed by atoms with E-state index in [0.717, 1.165) is 18.8 Å². The smallest absolute Gasteiger partial charge is 0.0436 e. The van der Waals surface area contributed by atoms with E-state index >= 15 is 0 Å². The number of aliphatic hydroxyl groups is 2. The van der Waals surface area contributed by atoms with Crippen LogP contribution in [0.5, 0.6) is 0 Å². The summed E-state index contributed by atoms with van der Waals surface area (Å²) in [7, 11) is 0. The highest BCUT2D eigenvalue weighted by Crippen LogP contribution is 2.55. The zero-order chi connectivity index (χ0) is 9.31. The molecule has 1 fully saturated rings. The van der Waals surface area contributed by atoms with E-state index in [-0.39, 0.29) is 18.6 Å². The van der Waals surface area contributed by atoms with Crippen molar-refractivity contribution in [2.75, 3.05) is 13.2 Å². The Balaban J connectivity index is 2.10. The van der Waals surface area contributed by atoms with Gasteiger partial charge in [0, 0.05) is 13.2 Å². The number of allylic oxidation sites excluding steroid dienone is 2. The van der Waals surface area contributed by atoms with Crippen LogP contribution in [0.1, 0.15) is 25.7 Å². The number of fused-ring (bicyclic) bond motifs is 2. The van der Waals surface area contributed by atoms with Crippen molar-refractivity contribution in [1.29, 1.82) is 0 Å². The van der Waals surface area contributed by atoms with Gasteiger partial charge in [-0.2, -0.15) is 0 Å². The van der Waals surface area contributed by atoms with Crippen LogP contribution in [-0.2, 0) is 0 Å². The monoisotopic (exact) mass is 182 g/mol. The molecule has 0 spiro atoms. The van der Waals surface area contributed by atoms with Crippen molar-refractivity contribution in [3.63, 3.8) is 0 Å². The van der Waals surface area contributed by atoms with Gasteiger partial charge in [0.1, 0.15) is 0 Å². The first-order valence-electron chi connectivity index (χ1n) is 5.21. The summed E-state index contributed by atoms with van der Waals surface area (Å²) in [6.45, 7) is 0.522. The maximum absolute atomic E-state index is 9.04. The van der Waals surface area contributed by atoms with Crippen molar-refractivity contribution < 1.29 is 10.2 Å². The summed E-state index contributed by atoms with van der Waals surface area (Å²) in [5.41, 5.74) is 0.225. The predicted molar refractivity (Wildman–Crippen MR) is 51.2 cm³/mol. The zero-order valence-corrected chi connectivity index (χ0v) is 7.95. The van der Waals surface area contributed by atoms with E-state index in [1.165, 1.54) is 12.8 Å². The van der Waals surface area contributed by atoms with Crippen LogP contribution in [0.25, 0.3) is 0 Å². The molecular formula is C11H18O2. The fourth-order valence-electron chi connectivity index (χ4n) is 3.20. The van der Waals surface area contributed by atoms with Gasteiger partial charge in [-0.25, -0.2) is 0 Å². The molecule has 13 heavy (non-hydrogen) atoms. The third-order valence-electron chi connectivity index (χ3n) is 3.85. The first-order valence-corrected chi connectivity index (χ1v) is 5.21. The van der Waals surface area contributed by atoms with Crippen LogP contribution in [0.15, 0.2) is 12.2 Å². The highest BCUT2D eigenvalue weighted by molar-refractivity contribution is 5.15. The van der Waals surface area contributed by atoms with Crippen molar-refractivity contribution in [3.05, 3.63) is 12.2 Å². The number of aliphatic hydroxyl groups excluding tert-OH is 2.